The van der Waals surface area contributed by atoms with E-state index in [1.165, 1.54) is 0 Å². The summed E-state index contributed by atoms with van der Waals surface area (Å²) in [5, 5.41) is 9.48. The number of benzene rings is 2. The van der Waals surface area contributed by atoms with E-state index in [2.05, 4.69) is 0 Å². The molecule has 0 aliphatic rings. The third kappa shape index (κ3) is 3.56. The summed E-state index contributed by atoms with van der Waals surface area (Å²) in [6, 6.07) is 16.4. The van der Waals surface area contributed by atoms with Crippen LogP contribution in [0.1, 0.15) is 17.2 Å². The minimum Gasteiger partial charge on any atom is -0.489 e. The minimum atomic E-state index is -1.27. The van der Waals surface area contributed by atoms with Gasteiger partial charge in [0.15, 0.2) is 6.10 Å². The molecule has 1 amide bonds. The Labute approximate surface area is 111 Å². The molecule has 98 valence electrons. The maximum atomic E-state index is 10.8. The van der Waals surface area contributed by atoms with Crippen LogP contribution in [0.4, 0.5) is 0 Å². The van der Waals surface area contributed by atoms with E-state index in [-0.39, 0.29) is 0 Å². The van der Waals surface area contributed by atoms with Crippen molar-refractivity contribution < 1.29 is 14.6 Å². The van der Waals surface area contributed by atoms with Crippen LogP contribution in [-0.4, -0.2) is 11.0 Å². The summed E-state index contributed by atoms with van der Waals surface area (Å²) in [6.07, 6.45) is -1.27. The van der Waals surface area contributed by atoms with Crippen LogP contribution in [0.25, 0.3) is 0 Å². The van der Waals surface area contributed by atoms with E-state index in [0.717, 1.165) is 5.56 Å². The highest BCUT2D eigenvalue weighted by molar-refractivity contribution is 5.80. The van der Waals surface area contributed by atoms with E-state index in [1.54, 1.807) is 24.3 Å². The van der Waals surface area contributed by atoms with Crippen molar-refractivity contribution in [3.63, 3.8) is 0 Å². The van der Waals surface area contributed by atoms with Crippen molar-refractivity contribution in [3.05, 3.63) is 65.7 Å². The Kier molecular flexibility index (Phi) is 4.15. The summed E-state index contributed by atoms with van der Waals surface area (Å²) < 4.78 is 5.59. The van der Waals surface area contributed by atoms with Crippen molar-refractivity contribution in [3.8, 4) is 5.75 Å². The fourth-order valence-electron chi connectivity index (χ4n) is 1.65. The molecule has 0 spiro atoms. The van der Waals surface area contributed by atoms with Gasteiger partial charge in [-0.05, 0) is 23.3 Å². The Bertz CT molecular complexity index is 537. The fourth-order valence-corrected chi connectivity index (χ4v) is 1.65. The molecule has 2 aromatic rings. The number of ether oxygens (including phenoxy) is 1. The Hall–Kier alpha value is -2.33. The molecule has 0 fully saturated rings. The fraction of sp³-hybridized carbons (Fsp3) is 0.133. The lowest BCUT2D eigenvalue weighted by atomic mass is 10.1. The predicted octanol–water partition coefficient (Wildman–Crippen LogP) is 1.78. The summed E-state index contributed by atoms with van der Waals surface area (Å²) >= 11 is 0. The highest BCUT2D eigenvalue weighted by Crippen LogP contribution is 2.18. The number of aliphatic hydroxyl groups is 1. The van der Waals surface area contributed by atoms with Gasteiger partial charge >= 0.3 is 0 Å². The number of aliphatic hydroxyl groups excluding tert-OH is 1. The zero-order valence-electron chi connectivity index (χ0n) is 10.3. The molecule has 0 aromatic heterocycles. The molecule has 0 saturated carbocycles. The number of hydrogen-bond acceptors (Lipinski definition) is 3. The lowest BCUT2D eigenvalue weighted by Gasteiger charge is -2.09. The van der Waals surface area contributed by atoms with Gasteiger partial charge in [-0.1, -0.05) is 42.5 Å². The average molecular weight is 257 g/mol. The van der Waals surface area contributed by atoms with E-state index in [0.29, 0.717) is 17.9 Å². The lowest BCUT2D eigenvalue weighted by molar-refractivity contribution is -0.126. The molecule has 4 heteroatoms. The zero-order valence-corrected chi connectivity index (χ0v) is 10.3. The third-order valence-electron chi connectivity index (χ3n) is 2.71. The third-order valence-corrected chi connectivity index (χ3v) is 2.71. The van der Waals surface area contributed by atoms with Crippen molar-refractivity contribution in [1.29, 1.82) is 0 Å². The number of rotatable bonds is 5. The van der Waals surface area contributed by atoms with Gasteiger partial charge in [-0.15, -0.1) is 0 Å². The van der Waals surface area contributed by atoms with Gasteiger partial charge in [-0.25, -0.2) is 0 Å². The van der Waals surface area contributed by atoms with Gasteiger partial charge in [-0.3, -0.25) is 4.79 Å². The van der Waals surface area contributed by atoms with Crippen molar-refractivity contribution in [2.45, 2.75) is 12.7 Å². The second kappa shape index (κ2) is 6.02. The number of primary amides is 1. The van der Waals surface area contributed by atoms with Crippen molar-refractivity contribution in [1.82, 2.24) is 0 Å². The molecule has 1 atom stereocenters. The number of carbonyl (C=O) groups is 1. The van der Waals surface area contributed by atoms with Crippen LogP contribution >= 0.6 is 0 Å². The second-order valence-corrected chi connectivity index (χ2v) is 4.15. The summed E-state index contributed by atoms with van der Waals surface area (Å²) in [5.41, 5.74) is 6.55. The standard InChI is InChI=1S/C15H15NO3/c16-15(18)14(17)12-6-8-13(9-7-12)19-10-11-4-2-1-3-5-11/h1-9,14,17H,10H2,(H2,16,18). The van der Waals surface area contributed by atoms with Crippen molar-refractivity contribution in [2.75, 3.05) is 0 Å². The molecule has 0 radical (unpaired) electrons. The largest absolute Gasteiger partial charge is 0.489 e. The molecule has 1 unspecified atom stereocenters. The van der Waals surface area contributed by atoms with E-state index in [1.807, 2.05) is 30.3 Å². The highest BCUT2D eigenvalue weighted by atomic mass is 16.5. The first-order valence-electron chi connectivity index (χ1n) is 5.91. The van der Waals surface area contributed by atoms with Gasteiger partial charge < -0.3 is 15.6 Å². The monoisotopic (exact) mass is 257 g/mol. The van der Waals surface area contributed by atoms with Crippen molar-refractivity contribution >= 4 is 5.91 Å². The molecular weight excluding hydrogens is 242 g/mol. The molecule has 2 rings (SSSR count). The topological polar surface area (TPSA) is 72.6 Å². The van der Waals surface area contributed by atoms with Gasteiger partial charge in [-0.2, -0.15) is 0 Å². The number of carbonyl (C=O) groups excluding carboxylic acids is 1. The first kappa shape index (κ1) is 13.1. The zero-order chi connectivity index (χ0) is 13.7. The van der Waals surface area contributed by atoms with Crippen LogP contribution < -0.4 is 10.5 Å². The van der Waals surface area contributed by atoms with E-state index in [4.69, 9.17) is 10.5 Å². The molecule has 0 bridgehead atoms. The first-order valence-corrected chi connectivity index (χ1v) is 5.91. The van der Waals surface area contributed by atoms with Gasteiger partial charge in [0.2, 0.25) is 0 Å². The van der Waals surface area contributed by atoms with E-state index < -0.39 is 12.0 Å². The summed E-state index contributed by atoms with van der Waals surface area (Å²) in [4.78, 5) is 10.8. The molecule has 0 aliphatic carbocycles. The Balaban J connectivity index is 1.97. The predicted molar refractivity (Wildman–Crippen MR) is 71.4 cm³/mol. The smallest absolute Gasteiger partial charge is 0.250 e. The summed E-state index contributed by atoms with van der Waals surface area (Å²) in [5.74, 6) is -0.0952. The van der Waals surface area contributed by atoms with Crippen LogP contribution in [0.5, 0.6) is 5.75 Å². The molecule has 0 saturated heterocycles. The SMILES string of the molecule is NC(=O)C(O)c1ccc(OCc2ccccc2)cc1. The molecule has 2 aromatic carbocycles. The Morgan fingerprint density at radius 3 is 2.32 bits per heavy atom. The summed E-state index contributed by atoms with van der Waals surface area (Å²) in [7, 11) is 0. The van der Waals surface area contributed by atoms with E-state index in [9.17, 15) is 9.90 Å². The maximum Gasteiger partial charge on any atom is 0.250 e. The normalized spacial score (nSPS) is 11.8. The molecular formula is C15H15NO3. The molecule has 0 heterocycles. The van der Waals surface area contributed by atoms with Gasteiger partial charge in [0.05, 0.1) is 0 Å². The average Bonchev–Trinajstić information content (AvgIpc) is 2.46. The molecule has 4 nitrogen and oxygen atoms in total. The van der Waals surface area contributed by atoms with Crippen LogP contribution in [0.3, 0.4) is 0 Å². The Morgan fingerprint density at radius 2 is 1.74 bits per heavy atom. The van der Waals surface area contributed by atoms with Gasteiger partial charge in [0, 0.05) is 0 Å². The molecule has 3 N–H and O–H groups in total. The lowest BCUT2D eigenvalue weighted by Crippen LogP contribution is -2.20. The Morgan fingerprint density at radius 1 is 1.11 bits per heavy atom. The van der Waals surface area contributed by atoms with Crippen LogP contribution in [0.2, 0.25) is 0 Å². The first-order chi connectivity index (χ1) is 9.16. The van der Waals surface area contributed by atoms with Crippen molar-refractivity contribution in [2.24, 2.45) is 5.73 Å². The number of nitrogens with two attached hydrogens (primary N) is 1. The second-order valence-electron chi connectivity index (χ2n) is 4.15. The van der Waals surface area contributed by atoms with E-state index >= 15 is 0 Å². The molecule has 0 aliphatic heterocycles. The quantitative estimate of drug-likeness (QED) is 0.857. The van der Waals surface area contributed by atoms with Crippen LogP contribution in [0.15, 0.2) is 54.6 Å². The highest BCUT2D eigenvalue weighted by Gasteiger charge is 2.13. The summed E-state index contributed by atoms with van der Waals surface area (Å²) in [6.45, 7) is 0.471. The number of amides is 1. The van der Waals surface area contributed by atoms with Gasteiger partial charge in [0.1, 0.15) is 12.4 Å². The maximum absolute atomic E-state index is 10.8. The minimum absolute atomic E-state index is 0.458. The molecule has 19 heavy (non-hydrogen) atoms. The van der Waals surface area contributed by atoms with Gasteiger partial charge in [0.25, 0.3) is 5.91 Å². The van der Waals surface area contributed by atoms with Crippen LogP contribution in [0, 0.1) is 0 Å². The van der Waals surface area contributed by atoms with Crippen LogP contribution in [-0.2, 0) is 11.4 Å². The number of hydrogen-bond donors (Lipinski definition) is 2.